The molecule has 0 bridgehead atoms. The van der Waals surface area contributed by atoms with Crippen molar-refractivity contribution in [1.29, 1.82) is 0 Å². The Hall–Kier alpha value is -3.31. The smallest absolute Gasteiger partial charge is 0.290 e. The summed E-state index contributed by atoms with van der Waals surface area (Å²) in [5.41, 5.74) is 3.39. The molecule has 2 aromatic rings. The zero-order valence-electron chi connectivity index (χ0n) is 17.1. The van der Waals surface area contributed by atoms with Gasteiger partial charge >= 0.3 is 0 Å². The molecule has 0 radical (unpaired) electrons. The molecule has 2 atom stereocenters. The number of aromatic nitrogens is 3. The Morgan fingerprint density at radius 3 is 2.90 bits per heavy atom. The second kappa shape index (κ2) is 10.1. The highest BCUT2D eigenvalue weighted by molar-refractivity contribution is 5.95. The molecule has 31 heavy (non-hydrogen) atoms. The van der Waals surface area contributed by atoms with Crippen molar-refractivity contribution < 1.29 is 29.3 Å². The highest BCUT2D eigenvalue weighted by Crippen LogP contribution is 2.21. The fraction of sp³-hybridized carbons (Fsp3) is 0.450. The molecule has 1 saturated heterocycles. The van der Waals surface area contributed by atoms with Crippen molar-refractivity contribution in [2.75, 3.05) is 19.7 Å². The number of aromatic amines is 1. The monoisotopic (exact) mass is 431 g/mol. The second-order valence-corrected chi connectivity index (χ2v) is 7.38. The lowest BCUT2D eigenvalue weighted by Crippen LogP contribution is -2.56. The van der Waals surface area contributed by atoms with Gasteiger partial charge in [0.25, 0.3) is 18.3 Å². The molecule has 2 aliphatic heterocycles. The van der Waals surface area contributed by atoms with Gasteiger partial charge in [0.15, 0.2) is 5.69 Å². The molecule has 2 amide bonds. The van der Waals surface area contributed by atoms with Crippen molar-refractivity contribution in [3.63, 3.8) is 0 Å². The molecule has 2 aromatic heterocycles. The largest absolute Gasteiger partial charge is 0.483 e. The summed E-state index contributed by atoms with van der Waals surface area (Å²) in [7, 11) is 0. The number of fused-ring (bicyclic) bond motifs is 1. The van der Waals surface area contributed by atoms with Crippen molar-refractivity contribution in [1.82, 2.24) is 25.4 Å². The summed E-state index contributed by atoms with van der Waals surface area (Å²) in [4.78, 5) is 39.5. The van der Waals surface area contributed by atoms with Crippen LogP contribution in [0.5, 0.6) is 0 Å². The first-order valence-electron chi connectivity index (χ1n) is 9.86. The van der Waals surface area contributed by atoms with Gasteiger partial charge in [-0.15, -0.1) is 0 Å². The third-order valence-corrected chi connectivity index (χ3v) is 5.22. The number of amides is 2. The van der Waals surface area contributed by atoms with Crippen LogP contribution in [0.3, 0.4) is 0 Å². The molecule has 0 unspecified atom stereocenters. The fourth-order valence-corrected chi connectivity index (χ4v) is 3.64. The van der Waals surface area contributed by atoms with E-state index < -0.39 is 12.1 Å². The summed E-state index contributed by atoms with van der Waals surface area (Å²) in [5, 5.41) is 27.2. The quantitative estimate of drug-likeness (QED) is 0.490. The van der Waals surface area contributed by atoms with E-state index >= 15 is 0 Å². The number of carbonyl (C=O) groups excluding carboxylic acids is 2. The van der Waals surface area contributed by atoms with E-state index in [1.807, 2.05) is 6.92 Å². The van der Waals surface area contributed by atoms with Crippen LogP contribution in [-0.4, -0.2) is 80.4 Å². The zero-order valence-corrected chi connectivity index (χ0v) is 17.1. The minimum Gasteiger partial charge on any atom is -0.483 e. The SMILES string of the molecule is Cc1cncc(C(=O)N[C@@H]2CN(C(=O)c3n[nH]c4c3COCC4)CC[C@@H]2O)c1.O=CO. The molecule has 11 heteroatoms. The van der Waals surface area contributed by atoms with Crippen molar-refractivity contribution in [2.24, 2.45) is 0 Å². The molecule has 4 rings (SSSR count). The molecule has 4 N–H and O–H groups in total. The van der Waals surface area contributed by atoms with Gasteiger partial charge in [0.2, 0.25) is 0 Å². The van der Waals surface area contributed by atoms with Gasteiger partial charge in [-0.1, -0.05) is 0 Å². The molecule has 4 heterocycles. The van der Waals surface area contributed by atoms with Crippen molar-refractivity contribution in [3.8, 4) is 0 Å². The minimum absolute atomic E-state index is 0.216. The van der Waals surface area contributed by atoms with E-state index in [0.717, 1.165) is 16.8 Å². The number of H-pyrrole nitrogens is 1. The summed E-state index contributed by atoms with van der Waals surface area (Å²) in [5.74, 6) is -0.536. The van der Waals surface area contributed by atoms with Gasteiger partial charge < -0.3 is 25.2 Å². The van der Waals surface area contributed by atoms with Crippen LogP contribution in [0.25, 0.3) is 0 Å². The van der Waals surface area contributed by atoms with E-state index in [1.165, 1.54) is 6.20 Å². The van der Waals surface area contributed by atoms with Crippen LogP contribution in [0.15, 0.2) is 18.5 Å². The number of ether oxygens (including phenoxy) is 1. The number of piperidine rings is 1. The average molecular weight is 431 g/mol. The summed E-state index contributed by atoms with van der Waals surface area (Å²) in [6.45, 7) is 3.20. The van der Waals surface area contributed by atoms with E-state index in [0.29, 0.717) is 43.9 Å². The molecule has 166 valence electrons. The van der Waals surface area contributed by atoms with E-state index in [4.69, 9.17) is 14.6 Å². The first-order valence-corrected chi connectivity index (χ1v) is 9.86. The number of hydrogen-bond donors (Lipinski definition) is 4. The van der Waals surface area contributed by atoms with E-state index in [-0.39, 0.29) is 24.8 Å². The first-order chi connectivity index (χ1) is 14.9. The number of pyridine rings is 1. The van der Waals surface area contributed by atoms with Crippen LogP contribution >= 0.6 is 0 Å². The number of carbonyl (C=O) groups is 3. The predicted molar refractivity (Wildman–Crippen MR) is 107 cm³/mol. The molecule has 0 aliphatic carbocycles. The average Bonchev–Trinajstić information content (AvgIpc) is 3.19. The number of likely N-dealkylation sites (tertiary alicyclic amines) is 1. The van der Waals surface area contributed by atoms with Gasteiger partial charge in [0, 0.05) is 43.2 Å². The maximum absolute atomic E-state index is 13.0. The second-order valence-electron chi connectivity index (χ2n) is 7.38. The lowest BCUT2D eigenvalue weighted by atomic mass is 10.0. The Balaban J connectivity index is 0.000000858. The van der Waals surface area contributed by atoms with Crippen molar-refractivity contribution in [3.05, 3.63) is 46.5 Å². The number of nitrogens with one attached hydrogen (secondary N) is 2. The molecule has 11 nitrogen and oxygen atoms in total. The number of nitrogens with zero attached hydrogens (tertiary/aromatic N) is 3. The summed E-state index contributed by atoms with van der Waals surface area (Å²) in [6.07, 6.45) is 3.52. The Morgan fingerprint density at radius 2 is 2.16 bits per heavy atom. The van der Waals surface area contributed by atoms with Gasteiger partial charge in [-0.25, -0.2) is 0 Å². The van der Waals surface area contributed by atoms with Crippen LogP contribution in [0.4, 0.5) is 0 Å². The Morgan fingerprint density at radius 1 is 1.39 bits per heavy atom. The van der Waals surface area contributed by atoms with Gasteiger partial charge in [0.1, 0.15) is 0 Å². The maximum Gasteiger partial charge on any atom is 0.290 e. The van der Waals surface area contributed by atoms with Crippen molar-refractivity contribution >= 4 is 18.3 Å². The highest BCUT2D eigenvalue weighted by atomic mass is 16.5. The van der Waals surface area contributed by atoms with Crippen LogP contribution in [0, 0.1) is 6.92 Å². The minimum atomic E-state index is -0.720. The summed E-state index contributed by atoms with van der Waals surface area (Å²) in [6, 6.07) is 1.17. The number of aliphatic hydroxyl groups excluding tert-OH is 1. The van der Waals surface area contributed by atoms with Crippen LogP contribution in [0.1, 0.15) is 44.1 Å². The standard InChI is InChI=1S/C19H23N5O4.CH2O2/c1-11-6-12(8-20-7-11)18(26)21-15-9-24(4-2-16(15)25)19(27)17-13-10-28-5-3-14(13)22-23-17;2-1-3/h6-8,15-16,25H,2-5,9-10H2,1H3,(H,21,26)(H,22,23);1H,(H,2,3)/t15-,16+;/m1./s1. The predicted octanol–water partition coefficient (Wildman–Crippen LogP) is -0.108. The molecule has 0 saturated carbocycles. The summed E-state index contributed by atoms with van der Waals surface area (Å²) < 4.78 is 5.45. The van der Waals surface area contributed by atoms with Crippen LogP contribution in [0.2, 0.25) is 0 Å². The molecule has 2 aliphatic rings. The third kappa shape index (κ3) is 5.25. The van der Waals surface area contributed by atoms with Gasteiger partial charge in [-0.3, -0.25) is 24.5 Å². The Bertz CT molecular complexity index is 946. The molecule has 1 fully saturated rings. The lowest BCUT2D eigenvalue weighted by molar-refractivity contribution is -0.122. The van der Waals surface area contributed by atoms with Crippen LogP contribution < -0.4 is 5.32 Å². The molecular formula is C20H25N5O6. The van der Waals surface area contributed by atoms with E-state index in [9.17, 15) is 14.7 Å². The Labute approximate surface area is 178 Å². The third-order valence-electron chi connectivity index (χ3n) is 5.22. The number of rotatable bonds is 3. The molecular weight excluding hydrogens is 406 g/mol. The topological polar surface area (TPSA) is 158 Å². The van der Waals surface area contributed by atoms with E-state index in [1.54, 1.807) is 17.2 Å². The zero-order chi connectivity index (χ0) is 22.4. The maximum atomic E-state index is 13.0. The molecule has 0 spiro atoms. The summed E-state index contributed by atoms with van der Waals surface area (Å²) >= 11 is 0. The number of aliphatic hydroxyl groups is 1. The number of aryl methyl sites for hydroxylation is 1. The van der Waals surface area contributed by atoms with Gasteiger partial charge in [0.05, 0.1) is 30.9 Å². The first kappa shape index (κ1) is 22.4. The van der Waals surface area contributed by atoms with Gasteiger partial charge in [-0.2, -0.15) is 5.10 Å². The Kier molecular flexibility index (Phi) is 7.32. The van der Waals surface area contributed by atoms with Gasteiger partial charge in [-0.05, 0) is 25.0 Å². The van der Waals surface area contributed by atoms with Crippen LogP contribution in [-0.2, 0) is 22.6 Å². The fourth-order valence-electron chi connectivity index (χ4n) is 3.64. The normalized spacial score (nSPS) is 20.1. The van der Waals surface area contributed by atoms with Crippen molar-refractivity contribution in [2.45, 2.75) is 38.5 Å². The highest BCUT2D eigenvalue weighted by Gasteiger charge is 2.34. The molecule has 0 aromatic carbocycles. The van der Waals surface area contributed by atoms with E-state index in [2.05, 4.69) is 20.5 Å². The number of hydrogen-bond acceptors (Lipinski definition) is 7. The lowest BCUT2D eigenvalue weighted by Gasteiger charge is -2.36. The number of carboxylic acid groups (broad SMARTS) is 1.